The largest absolute Gasteiger partial charge is 0.307 e. The standard InChI is InChI=1S/C14H8FN3S3/c15-8-3-4-9-12(6-8)21-14(16-9)18-13-17-10(7-20-13)11-2-1-5-19-11/h1-7H,(H,16,17,18). The maximum atomic E-state index is 13.2. The van der Waals surface area contributed by atoms with E-state index in [0.29, 0.717) is 0 Å². The number of hydrogen-bond acceptors (Lipinski definition) is 6. The summed E-state index contributed by atoms with van der Waals surface area (Å²) in [5.41, 5.74) is 1.75. The van der Waals surface area contributed by atoms with Crippen LogP contribution in [0.4, 0.5) is 14.7 Å². The molecule has 21 heavy (non-hydrogen) atoms. The summed E-state index contributed by atoms with van der Waals surface area (Å²) in [7, 11) is 0. The SMILES string of the molecule is Fc1ccc2nc(Nc3nc(-c4cccs4)cs3)sc2c1. The number of rotatable bonds is 3. The Morgan fingerprint density at radius 1 is 1.05 bits per heavy atom. The zero-order valence-electron chi connectivity index (χ0n) is 10.5. The van der Waals surface area contributed by atoms with Gasteiger partial charge in [0.15, 0.2) is 10.3 Å². The minimum Gasteiger partial charge on any atom is -0.307 e. The van der Waals surface area contributed by atoms with Gasteiger partial charge in [-0.2, -0.15) is 0 Å². The molecule has 1 aromatic carbocycles. The average molecular weight is 333 g/mol. The second kappa shape index (κ2) is 5.18. The van der Waals surface area contributed by atoms with Crippen LogP contribution in [0.3, 0.4) is 0 Å². The van der Waals surface area contributed by atoms with Crippen LogP contribution in [-0.2, 0) is 0 Å². The van der Waals surface area contributed by atoms with Gasteiger partial charge in [0.05, 0.1) is 20.8 Å². The molecule has 0 aliphatic carbocycles. The zero-order valence-corrected chi connectivity index (χ0v) is 13.0. The second-order valence-corrected chi connectivity index (χ2v) is 7.11. The molecule has 3 aromatic heterocycles. The summed E-state index contributed by atoms with van der Waals surface area (Å²) >= 11 is 4.62. The number of nitrogens with one attached hydrogen (secondary N) is 1. The second-order valence-electron chi connectivity index (χ2n) is 4.27. The van der Waals surface area contributed by atoms with E-state index in [2.05, 4.69) is 15.3 Å². The van der Waals surface area contributed by atoms with Crippen molar-refractivity contribution in [3.63, 3.8) is 0 Å². The Balaban J connectivity index is 1.62. The van der Waals surface area contributed by atoms with E-state index in [4.69, 9.17) is 0 Å². The third-order valence-corrected chi connectivity index (χ3v) is 5.43. The highest BCUT2D eigenvalue weighted by atomic mass is 32.1. The Morgan fingerprint density at radius 3 is 2.86 bits per heavy atom. The highest BCUT2D eigenvalue weighted by molar-refractivity contribution is 7.22. The van der Waals surface area contributed by atoms with E-state index < -0.39 is 0 Å². The van der Waals surface area contributed by atoms with E-state index in [1.807, 2.05) is 22.9 Å². The van der Waals surface area contributed by atoms with E-state index in [0.717, 1.165) is 31.1 Å². The van der Waals surface area contributed by atoms with E-state index >= 15 is 0 Å². The van der Waals surface area contributed by atoms with Gasteiger partial charge in [0.2, 0.25) is 0 Å². The molecule has 4 aromatic rings. The van der Waals surface area contributed by atoms with Crippen LogP contribution in [0.25, 0.3) is 20.8 Å². The molecule has 104 valence electrons. The minimum absolute atomic E-state index is 0.244. The van der Waals surface area contributed by atoms with Crippen LogP contribution >= 0.6 is 34.0 Å². The van der Waals surface area contributed by atoms with Gasteiger partial charge in [-0.15, -0.1) is 22.7 Å². The van der Waals surface area contributed by atoms with Gasteiger partial charge in [-0.05, 0) is 29.6 Å². The Bertz CT molecular complexity index is 895. The Labute approximate surface area is 131 Å². The third-order valence-electron chi connectivity index (χ3n) is 2.84. The van der Waals surface area contributed by atoms with E-state index in [1.165, 1.54) is 34.8 Å². The van der Waals surface area contributed by atoms with Gasteiger partial charge in [-0.25, -0.2) is 14.4 Å². The molecule has 0 aliphatic heterocycles. The summed E-state index contributed by atoms with van der Waals surface area (Å²) in [6.45, 7) is 0. The number of benzene rings is 1. The number of nitrogens with zero attached hydrogens (tertiary/aromatic N) is 2. The molecule has 1 N–H and O–H groups in total. The van der Waals surface area contributed by atoms with Gasteiger partial charge in [0.25, 0.3) is 0 Å². The van der Waals surface area contributed by atoms with Gasteiger partial charge < -0.3 is 5.32 Å². The first-order valence-corrected chi connectivity index (χ1v) is 8.68. The van der Waals surface area contributed by atoms with Crippen molar-refractivity contribution in [1.82, 2.24) is 9.97 Å². The van der Waals surface area contributed by atoms with Gasteiger partial charge in [-0.3, -0.25) is 0 Å². The molecule has 0 aliphatic rings. The number of fused-ring (bicyclic) bond motifs is 1. The first-order chi connectivity index (χ1) is 10.3. The van der Waals surface area contributed by atoms with E-state index in [-0.39, 0.29) is 5.82 Å². The number of anilines is 2. The molecule has 0 radical (unpaired) electrons. The lowest BCUT2D eigenvalue weighted by atomic mass is 10.3. The van der Waals surface area contributed by atoms with Crippen molar-refractivity contribution in [2.45, 2.75) is 0 Å². The van der Waals surface area contributed by atoms with Crippen LogP contribution in [0.2, 0.25) is 0 Å². The molecular weight excluding hydrogens is 325 g/mol. The maximum absolute atomic E-state index is 13.2. The summed E-state index contributed by atoms with van der Waals surface area (Å²) in [4.78, 5) is 10.1. The molecule has 0 atom stereocenters. The number of halogens is 1. The average Bonchev–Trinajstić information content (AvgIpc) is 3.16. The van der Waals surface area contributed by atoms with E-state index in [1.54, 1.807) is 17.4 Å². The van der Waals surface area contributed by atoms with Crippen LogP contribution in [0, 0.1) is 5.82 Å². The van der Waals surface area contributed by atoms with Crippen molar-refractivity contribution in [1.29, 1.82) is 0 Å². The Kier molecular flexibility index (Phi) is 3.17. The van der Waals surface area contributed by atoms with Gasteiger partial charge in [-0.1, -0.05) is 17.4 Å². The predicted molar refractivity (Wildman–Crippen MR) is 88.3 cm³/mol. The third kappa shape index (κ3) is 2.55. The molecule has 3 heterocycles. The molecule has 0 saturated carbocycles. The summed E-state index contributed by atoms with van der Waals surface area (Å²) in [6, 6.07) is 8.66. The molecule has 0 bridgehead atoms. The number of aromatic nitrogens is 2. The Morgan fingerprint density at radius 2 is 2.00 bits per heavy atom. The predicted octanol–water partition coefficient (Wildman–Crippen LogP) is 5.36. The van der Waals surface area contributed by atoms with Gasteiger partial charge in [0.1, 0.15) is 5.82 Å². The van der Waals surface area contributed by atoms with Crippen molar-refractivity contribution in [2.75, 3.05) is 5.32 Å². The van der Waals surface area contributed by atoms with Crippen molar-refractivity contribution >= 4 is 54.5 Å². The summed E-state index contributed by atoms with van der Waals surface area (Å²) in [5, 5.41) is 8.75. The fourth-order valence-electron chi connectivity index (χ4n) is 1.91. The minimum atomic E-state index is -0.244. The van der Waals surface area contributed by atoms with Crippen molar-refractivity contribution in [3.05, 3.63) is 46.9 Å². The van der Waals surface area contributed by atoms with Crippen LogP contribution in [-0.4, -0.2) is 9.97 Å². The summed E-state index contributed by atoms with van der Waals surface area (Å²) in [5.74, 6) is -0.244. The van der Waals surface area contributed by atoms with Crippen molar-refractivity contribution in [2.24, 2.45) is 0 Å². The number of hydrogen-bond donors (Lipinski definition) is 1. The van der Waals surface area contributed by atoms with Crippen LogP contribution in [0.1, 0.15) is 0 Å². The van der Waals surface area contributed by atoms with Gasteiger partial charge >= 0.3 is 0 Å². The molecular formula is C14H8FN3S3. The summed E-state index contributed by atoms with van der Waals surface area (Å²) in [6.07, 6.45) is 0. The highest BCUT2D eigenvalue weighted by Gasteiger charge is 2.09. The highest BCUT2D eigenvalue weighted by Crippen LogP contribution is 2.32. The molecule has 3 nitrogen and oxygen atoms in total. The molecule has 0 spiro atoms. The van der Waals surface area contributed by atoms with Crippen LogP contribution in [0.15, 0.2) is 41.1 Å². The number of thiazole rings is 2. The number of thiophene rings is 1. The molecule has 7 heteroatoms. The first kappa shape index (κ1) is 12.9. The monoisotopic (exact) mass is 333 g/mol. The molecule has 0 unspecified atom stereocenters. The molecule has 0 fully saturated rings. The maximum Gasteiger partial charge on any atom is 0.190 e. The summed E-state index contributed by atoms with van der Waals surface area (Å²) < 4.78 is 14.0. The fourth-order valence-corrected chi connectivity index (χ4v) is 4.34. The Hall–Kier alpha value is -1.83. The van der Waals surface area contributed by atoms with Crippen LogP contribution < -0.4 is 5.32 Å². The lowest BCUT2D eigenvalue weighted by Gasteiger charge is -1.94. The smallest absolute Gasteiger partial charge is 0.190 e. The normalized spacial score (nSPS) is 11.1. The lowest BCUT2D eigenvalue weighted by Crippen LogP contribution is -1.87. The quantitative estimate of drug-likeness (QED) is 0.548. The van der Waals surface area contributed by atoms with Crippen molar-refractivity contribution < 1.29 is 4.39 Å². The van der Waals surface area contributed by atoms with E-state index in [9.17, 15) is 4.39 Å². The lowest BCUT2D eigenvalue weighted by molar-refractivity contribution is 0.630. The topological polar surface area (TPSA) is 37.8 Å². The van der Waals surface area contributed by atoms with Gasteiger partial charge in [0, 0.05) is 5.38 Å². The molecule has 0 amide bonds. The molecule has 4 rings (SSSR count). The molecule has 0 saturated heterocycles. The van der Waals surface area contributed by atoms with Crippen molar-refractivity contribution in [3.8, 4) is 10.6 Å². The fraction of sp³-hybridized carbons (Fsp3) is 0. The first-order valence-electron chi connectivity index (χ1n) is 6.10. The zero-order chi connectivity index (χ0) is 14.2. The van der Waals surface area contributed by atoms with Crippen LogP contribution in [0.5, 0.6) is 0 Å².